The number of amides is 2. The highest BCUT2D eigenvalue weighted by molar-refractivity contribution is 5.86. The number of hydrogen-bond donors (Lipinski definition) is 3. The Hall–Kier alpha value is -2.15. The summed E-state index contributed by atoms with van der Waals surface area (Å²) in [5.41, 5.74) is -0.556. The van der Waals surface area contributed by atoms with Crippen molar-refractivity contribution in [2.24, 2.45) is 5.92 Å². The molecule has 2 amide bonds. The van der Waals surface area contributed by atoms with Crippen LogP contribution in [0.25, 0.3) is 0 Å². The third-order valence-electron chi connectivity index (χ3n) is 5.19. The van der Waals surface area contributed by atoms with Crippen molar-refractivity contribution in [2.45, 2.75) is 76.3 Å². The van der Waals surface area contributed by atoms with Gasteiger partial charge in [-0.25, -0.2) is 0 Å². The molecule has 3 N–H and O–H groups in total. The average Bonchev–Trinajstić information content (AvgIpc) is 3.15. The number of rotatable bonds is 14. The molecular weight excluding hydrogens is 372 g/mol. The minimum atomic E-state index is -0.560. The van der Waals surface area contributed by atoms with Crippen LogP contribution in [0.15, 0.2) is 25.3 Å². The van der Waals surface area contributed by atoms with E-state index >= 15 is 0 Å². The third kappa shape index (κ3) is 9.26. The van der Waals surface area contributed by atoms with Gasteiger partial charge in [0.1, 0.15) is 6.61 Å². The molecule has 7 heteroatoms. The van der Waals surface area contributed by atoms with Gasteiger partial charge >= 0.3 is 5.97 Å². The average molecular weight is 409 g/mol. The van der Waals surface area contributed by atoms with Crippen LogP contribution in [0.5, 0.6) is 0 Å². The predicted molar refractivity (Wildman–Crippen MR) is 112 cm³/mol. The van der Waals surface area contributed by atoms with Gasteiger partial charge in [0, 0.05) is 12.8 Å². The summed E-state index contributed by atoms with van der Waals surface area (Å²) in [6, 6.07) is -0.361. The molecule has 0 spiro atoms. The molecule has 0 radical (unpaired) electrons. The van der Waals surface area contributed by atoms with Gasteiger partial charge in [-0.05, 0) is 39.0 Å². The highest BCUT2D eigenvalue weighted by Crippen LogP contribution is 2.29. The molecule has 0 aromatic rings. The molecular formula is C22H36N2O5. The molecule has 1 aliphatic rings. The molecule has 2 atom stereocenters. The monoisotopic (exact) mass is 408 g/mol. The molecule has 29 heavy (non-hydrogen) atoms. The zero-order valence-electron chi connectivity index (χ0n) is 17.6. The Morgan fingerprint density at radius 2 is 1.90 bits per heavy atom. The lowest BCUT2D eigenvalue weighted by atomic mass is 9.95. The Labute approximate surface area is 174 Å². The second-order valence-electron chi connectivity index (χ2n) is 7.89. The Morgan fingerprint density at radius 1 is 1.21 bits per heavy atom. The van der Waals surface area contributed by atoms with Gasteiger partial charge in [0.15, 0.2) is 0 Å². The van der Waals surface area contributed by atoms with Crippen LogP contribution in [0.4, 0.5) is 0 Å². The summed E-state index contributed by atoms with van der Waals surface area (Å²) in [5, 5.41) is 15.4. The topological polar surface area (TPSA) is 105 Å². The number of carbonyl (C=O) groups excluding carboxylic acids is 3. The predicted octanol–water partition coefficient (Wildman–Crippen LogP) is 2.39. The highest BCUT2D eigenvalue weighted by Gasteiger charge is 2.35. The van der Waals surface area contributed by atoms with Crippen molar-refractivity contribution in [2.75, 3.05) is 13.2 Å². The van der Waals surface area contributed by atoms with Gasteiger partial charge in [-0.1, -0.05) is 25.0 Å². The lowest BCUT2D eigenvalue weighted by molar-refractivity contribution is -0.145. The fraction of sp³-hybridized carbons (Fsp3) is 0.682. The van der Waals surface area contributed by atoms with Gasteiger partial charge < -0.3 is 20.5 Å². The zero-order chi connectivity index (χ0) is 21.7. The van der Waals surface area contributed by atoms with Crippen molar-refractivity contribution in [3.63, 3.8) is 0 Å². The van der Waals surface area contributed by atoms with Crippen molar-refractivity contribution < 1.29 is 24.2 Å². The van der Waals surface area contributed by atoms with E-state index in [1.807, 2.05) is 0 Å². The Bertz CT molecular complexity index is 570. The number of ether oxygens (including phenoxy) is 1. The maximum atomic E-state index is 12.6. The maximum Gasteiger partial charge on any atom is 0.305 e. The fourth-order valence-corrected chi connectivity index (χ4v) is 3.51. The van der Waals surface area contributed by atoms with E-state index in [9.17, 15) is 19.5 Å². The number of unbranched alkanes of at least 4 members (excludes halogenated alkanes) is 1. The summed E-state index contributed by atoms with van der Waals surface area (Å²) < 4.78 is 5.17. The van der Waals surface area contributed by atoms with Crippen LogP contribution in [0, 0.1) is 5.92 Å². The van der Waals surface area contributed by atoms with Crippen LogP contribution in [-0.2, 0) is 19.1 Å². The van der Waals surface area contributed by atoms with Crippen molar-refractivity contribution in [1.82, 2.24) is 10.6 Å². The summed E-state index contributed by atoms with van der Waals surface area (Å²) in [4.78, 5) is 36.7. The van der Waals surface area contributed by atoms with E-state index in [-0.39, 0.29) is 43.5 Å². The van der Waals surface area contributed by atoms with E-state index in [1.54, 1.807) is 19.1 Å². The van der Waals surface area contributed by atoms with Crippen molar-refractivity contribution in [1.29, 1.82) is 0 Å². The molecule has 7 nitrogen and oxygen atoms in total. The van der Waals surface area contributed by atoms with E-state index in [0.29, 0.717) is 19.3 Å². The lowest BCUT2D eigenvalue weighted by Gasteiger charge is -2.29. The highest BCUT2D eigenvalue weighted by atomic mass is 16.5. The Balaban J connectivity index is 2.47. The third-order valence-corrected chi connectivity index (χ3v) is 5.19. The normalized spacial score (nSPS) is 17.0. The van der Waals surface area contributed by atoms with Crippen LogP contribution in [0.2, 0.25) is 0 Å². The number of carbonyl (C=O) groups is 3. The quantitative estimate of drug-likeness (QED) is 0.233. The minimum Gasteiger partial charge on any atom is -0.464 e. The lowest BCUT2D eigenvalue weighted by Crippen LogP contribution is -2.50. The number of allylic oxidation sites excluding steroid dienone is 2. The zero-order valence-corrected chi connectivity index (χ0v) is 17.6. The van der Waals surface area contributed by atoms with Crippen LogP contribution in [0.1, 0.15) is 64.7 Å². The molecule has 1 aliphatic carbocycles. The van der Waals surface area contributed by atoms with Crippen molar-refractivity contribution >= 4 is 17.8 Å². The van der Waals surface area contributed by atoms with Gasteiger partial charge in [0.25, 0.3) is 0 Å². The Kier molecular flexibility index (Phi) is 11.3. The summed E-state index contributed by atoms with van der Waals surface area (Å²) >= 11 is 0. The van der Waals surface area contributed by atoms with Crippen molar-refractivity contribution in [3.05, 3.63) is 25.3 Å². The summed E-state index contributed by atoms with van der Waals surface area (Å²) in [7, 11) is 0. The first-order chi connectivity index (χ1) is 13.9. The van der Waals surface area contributed by atoms with Gasteiger partial charge in [-0.2, -0.15) is 0 Å². The fourth-order valence-electron chi connectivity index (χ4n) is 3.51. The minimum absolute atomic E-state index is 0.0215. The largest absolute Gasteiger partial charge is 0.464 e. The number of aliphatic hydroxyl groups excluding tert-OH is 1. The summed E-state index contributed by atoms with van der Waals surface area (Å²) in [6.07, 6.45) is 8.96. The molecule has 0 aromatic carbocycles. The maximum absolute atomic E-state index is 12.6. The molecule has 0 aromatic heterocycles. The molecule has 0 unspecified atom stereocenters. The molecule has 0 saturated heterocycles. The van der Waals surface area contributed by atoms with Gasteiger partial charge in [-0.15, -0.1) is 13.2 Å². The standard InChI is InChI=1S/C22H36N2O5/c1-4-6-7-11-20(27)29-15-17(3)23-21(28)18(10-5-2)14-19(26)24-22(16-25)12-8-9-13-22/h4-5,17-18,25H,1-2,6-16H2,3H3,(H,23,28)(H,24,26)/t17-,18-/m0/s1. The van der Waals surface area contributed by atoms with Crippen LogP contribution < -0.4 is 10.6 Å². The molecule has 0 aliphatic heterocycles. The molecule has 1 saturated carbocycles. The summed E-state index contributed by atoms with van der Waals surface area (Å²) in [5.74, 6) is -1.39. The SMILES string of the molecule is C=CCCCC(=O)OC[C@H](C)NC(=O)[C@@H](CC=C)CC(=O)NC1(CO)CCCC1. The Morgan fingerprint density at radius 3 is 2.48 bits per heavy atom. The van der Waals surface area contributed by atoms with Crippen LogP contribution in [0.3, 0.4) is 0 Å². The van der Waals surface area contributed by atoms with E-state index in [2.05, 4.69) is 23.8 Å². The first-order valence-corrected chi connectivity index (χ1v) is 10.5. The van der Waals surface area contributed by atoms with E-state index in [4.69, 9.17) is 4.74 Å². The second kappa shape index (κ2) is 13.1. The molecule has 164 valence electrons. The smallest absolute Gasteiger partial charge is 0.305 e. The van der Waals surface area contributed by atoms with Crippen molar-refractivity contribution in [3.8, 4) is 0 Å². The number of hydrogen-bond acceptors (Lipinski definition) is 5. The van der Waals surface area contributed by atoms with Crippen LogP contribution >= 0.6 is 0 Å². The van der Waals surface area contributed by atoms with E-state index in [0.717, 1.165) is 32.1 Å². The van der Waals surface area contributed by atoms with Gasteiger partial charge in [0.2, 0.25) is 11.8 Å². The molecule has 0 bridgehead atoms. The number of esters is 1. The van der Waals surface area contributed by atoms with Crippen LogP contribution in [-0.4, -0.2) is 47.7 Å². The number of nitrogens with one attached hydrogen (secondary N) is 2. The summed E-state index contributed by atoms with van der Waals surface area (Å²) in [6.45, 7) is 9.02. The molecule has 1 rings (SSSR count). The van der Waals surface area contributed by atoms with E-state index in [1.165, 1.54) is 0 Å². The molecule has 1 fully saturated rings. The van der Waals surface area contributed by atoms with Gasteiger partial charge in [-0.3, -0.25) is 14.4 Å². The number of aliphatic hydroxyl groups is 1. The first-order valence-electron chi connectivity index (χ1n) is 10.5. The molecule has 0 heterocycles. The van der Waals surface area contributed by atoms with E-state index < -0.39 is 11.5 Å². The second-order valence-corrected chi connectivity index (χ2v) is 7.89. The first kappa shape index (κ1) is 24.9. The van der Waals surface area contributed by atoms with Gasteiger partial charge in [0.05, 0.1) is 24.1 Å².